The summed E-state index contributed by atoms with van der Waals surface area (Å²) in [5.74, 6) is 1.60. The predicted octanol–water partition coefficient (Wildman–Crippen LogP) is 2.27. The van der Waals surface area contributed by atoms with Crippen LogP contribution in [0.4, 0.5) is 0 Å². The van der Waals surface area contributed by atoms with Crippen LogP contribution >= 0.6 is 0 Å². The van der Waals surface area contributed by atoms with Gasteiger partial charge in [0.05, 0.1) is 25.1 Å². The molecule has 0 radical (unpaired) electrons. The molecule has 0 aliphatic carbocycles. The summed E-state index contributed by atoms with van der Waals surface area (Å²) in [6.45, 7) is 2.87. The summed E-state index contributed by atoms with van der Waals surface area (Å²) in [6.07, 6.45) is 6.84. The Morgan fingerprint density at radius 1 is 1.04 bits per heavy atom. The van der Waals surface area contributed by atoms with Crippen molar-refractivity contribution in [2.75, 3.05) is 13.2 Å². The fourth-order valence-electron chi connectivity index (χ4n) is 3.13. The molecule has 0 amide bonds. The summed E-state index contributed by atoms with van der Waals surface area (Å²) in [4.78, 5) is 0. The molecule has 7 nitrogen and oxygen atoms in total. The van der Waals surface area contributed by atoms with Gasteiger partial charge in [-0.05, 0) is 18.2 Å². The van der Waals surface area contributed by atoms with E-state index < -0.39 is 0 Å². The van der Waals surface area contributed by atoms with Gasteiger partial charge >= 0.3 is 0 Å². The normalized spacial score (nSPS) is 13.6. The zero-order valence-electron chi connectivity index (χ0n) is 15.1. The average molecular weight is 353 g/mol. The third kappa shape index (κ3) is 3.57. The van der Waals surface area contributed by atoms with Gasteiger partial charge in [0.15, 0.2) is 11.5 Å². The van der Waals surface area contributed by atoms with E-state index in [1.54, 1.807) is 0 Å². The van der Waals surface area contributed by atoms with Crippen molar-refractivity contribution < 1.29 is 9.47 Å². The van der Waals surface area contributed by atoms with Crippen LogP contribution in [0.5, 0.6) is 11.5 Å². The highest BCUT2D eigenvalue weighted by molar-refractivity contribution is 5.66. The summed E-state index contributed by atoms with van der Waals surface area (Å²) < 4.78 is 15.2. The first-order valence-electron chi connectivity index (χ1n) is 8.80. The molecule has 1 aliphatic heterocycles. The van der Waals surface area contributed by atoms with Crippen LogP contribution in [-0.2, 0) is 27.2 Å². The van der Waals surface area contributed by atoms with E-state index in [4.69, 9.17) is 9.47 Å². The molecule has 136 valence electrons. The van der Waals surface area contributed by atoms with Crippen molar-refractivity contribution in [2.45, 2.75) is 19.5 Å². The van der Waals surface area contributed by atoms with E-state index in [1.165, 1.54) is 0 Å². The number of benzene rings is 1. The van der Waals surface area contributed by atoms with Gasteiger partial charge in [-0.2, -0.15) is 10.2 Å². The van der Waals surface area contributed by atoms with Crippen LogP contribution in [0.3, 0.4) is 0 Å². The van der Waals surface area contributed by atoms with Crippen molar-refractivity contribution >= 4 is 0 Å². The molecule has 1 N–H and O–H groups in total. The summed E-state index contributed by atoms with van der Waals surface area (Å²) in [6, 6.07) is 6.03. The smallest absolute Gasteiger partial charge is 0.161 e. The zero-order valence-corrected chi connectivity index (χ0v) is 15.1. The lowest BCUT2D eigenvalue weighted by Crippen LogP contribution is -2.12. The summed E-state index contributed by atoms with van der Waals surface area (Å²) in [5.41, 5.74) is 4.30. The number of rotatable bonds is 5. The first-order chi connectivity index (χ1) is 12.7. The van der Waals surface area contributed by atoms with E-state index in [1.807, 2.05) is 54.1 Å². The van der Waals surface area contributed by atoms with Gasteiger partial charge in [0.2, 0.25) is 0 Å². The van der Waals surface area contributed by atoms with E-state index in [-0.39, 0.29) is 0 Å². The summed E-state index contributed by atoms with van der Waals surface area (Å²) in [7, 11) is 3.87. The van der Waals surface area contributed by atoms with Crippen molar-refractivity contribution in [3.63, 3.8) is 0 Å². The number of fused-ring (bicyclic) bond motifs is 1. The minimum Gasteiger partial charge on any atom is -0.490 e. The lowest BCUT2D eigenvalue weighted by molar-refractivity contribution is 0.297. The Labute approximate surface area is 152 Å². The quantitative estimate of drug-likeness (QED) is 0.762. The Morgan fingerprint density at radius 3 is 2.69 bits per heavy atom. The van der Waals surface area contributed by atoms with Gasteiger partial charge in [0.1, 0.15) is 0 Å². The number of hydrogen-bond acceptors (Lipinski definition) is 5. The summed E-state index contributed by atoms with van der Waals surface area (Å²) >= 11 is 0. The third-order valence-corrected chi connectivity index (χ3v) is 4.33. The van der Waals surface area contributed by atoms with Gasteiger partial charge in [-0.25, -0.2) is 0 Å². The van der Waals surface area contributed by atoms with Crippen molar-refractivity contribution in [1.82, 2.24) is 24.9 Å². The molecule has 4 rings (SSSR count). The fraction of sp³-hybridized carbons (Fsp3) is 0.368. The largest absolute Gasteiger partial charge is 0.490 e. The van der Waals surface area contributed by atoms with Crippen LogP contribution in [0, 0.1) is 0 Å². The van der Waals surface area contributed by atoms with Crippen LogP contribution < -0.4 is 14.8 Å². The molecule has 1 aromatic carbocycles. The summed E-state index contributed by atoms with van der Waals surface area (Å²) in [5, 5.41) is 12.3. The number of nitrogens with one attached hydrogen (secondary N) is 1. The van der Waals surface area contributed by atoms with Crippen molar-refractivity contribution in [1.29, 1.82) is 0 Å². The number of hydrogen-bond donors (Lipinski definition) is 1. The van der Waals surface area contributed by atoms with E-state index in [2.05, 4.69) is 21.7 Å². The molecule has 0 unspecified atom stereocenters. The fourth-order valence-corrected chi connectivity index (χ4v) is 3.13. The van der Waals surface area contributed by atoms with Crippen molar-refractivity contribution in [2.24, 2.45) is 14.1 Å². The van der Waals surface area contributed by atoms with Gasteiger partial charge in [-0.15, -0.1) is 0 Å². The van der Waals surface area contributed by atoms with Crippen LogP contribution in [0.2, 0.25) is 0 Å². The molecule has 26 heavy (non-hydrogen) atoms. The highest BCUT2D eigenvalue weighted by Gasteiger charge is 2.15. The molecule has 7 heteroatoms. The zero-order chi connectivity index (χ0) is 17.9. The van der Waals surface area contributed by atoms with Gasteiger partial charge in [0.25, 0.3) is 0 Å². The molecular weight excluding hydrogens is 330 g/mol. The van der Waals surface area contributed by atoms with Crippen LogP contribution in [0.25, 0.3) is 11.3 Å². The topological polar surface area (TPSA) is 66.1 Å². The second-order valence-electron chi connectivity index (χ2n) is 6.51. The maximum Gasteiger partial charge on any atom is 0.161 e. The molecule has 0 spiro atoms. The Bertz CT molecular complexity index is 899. The molecule has 3 heterocycles. The van der Waals surface area contributed by atoms with Crippen LogP contribution in [0.15, 0.2) is 36.8 Å². The van der Waals surface area contributed by atoms with Gasteiger partial charge in [0, 0.05) is 62.7 Å². The Hall–Kier alpha value is -2.80. The molecule has 0 saturated heterocycles. The van der Waals surface area contributed by atoms with Gasteiger partial charge in [-0.3, -0.25) is 9.36 Å². The molecule has 0 atom stereocenters. The minimum atomic E-state index is 0.679. The van der Waals surface area contributed by atoms with E-state index in [0.717, 1.165) is 53.4 Å². The molecule has 0 fully saturated rings. The average Bonchev–Trinajstić information content (AvgIpc) is 3.12. The number of ether oxygens (including phenoxy) is 2. The Morgan fingerprint density at radius 2 is 1.88 bits per heavy atom. The van der Waals surface area contributed by atoms with Crippen molar-refractivity contribution in [3.8, 4) is 22.8 Å². The number of aryl methyl sites for hydroxylation is 2. The second-order valence-corrected chi connectivity index (χ2v) is 6.51. The minimum absolute atomic E-state index is 0.679. The first kappa shape index (κ1) is 16.7. The maximum absolute atomic E-state index is 5.81. The SMILES string of the molecule is Cn1cc(CNCc2cn(C)nc2-c2ccc3c(c2)OCCCO3)cn1. The lowest BCUT2D eigenvalue weighted by Gasteiger charge is -2.09. The predicted molar refractivity (Wildman–Crippen MR) is 98.0 cm³/mol. The number of aromatic nitrogens is 4. The molecule has 2 aromatic heterocycles. The lowest BCUT2D eigenvalue weighted by atomic mass is 10.1. The van der Waals surface area contributed by atoms with E-state index in [9.17, 15) is 0 Å². The van der Waals surface area contributed by atoms with E-state index >= 15 is 0 Å². The second kappa shape index (κ2) is 7.21. The van der Waals surface area contributed by atoms with Crippen LogP contribution in [-0.4, -0.2) is 32.8 Å². The van der Waals surface area contributed by atoms with Crippen LogP contribution in [0.1, 0.15) is 17.5 Å². The van der Waals surface area contributed by atoms with E-state index in [0.29, 0.717) is 13.2 Å². The number of nitrogens with zero attached hydrogens (tertiary/aromatic N) is 4. The molecule has 3 aromatic rings. The highest BCUT2D eigenvalue weighted by atomic mass is 16.5. The molecule has 0 bridgehead atoms. The third-order valence-electron chi connectivity index (χ3n) is 4.33. The van der Waals surface area contributed by atoms with Gasteiger partial charge in [-0.1, -0.05) is 0 Å². The first-order valence-corrected chi connectivity index (χ1v) is 8.80. The molecule has 0 saturated carbocycles. The highest BCUT2D eigenvalue weighted by Crippen LogP contribution is 2.34. The maximum atomic E-state index is 5.81. The molecular formula is C19H23N5O2. The van der Waals surface area contributed by atoms with Gasteiger partial charge < -0.3 is 14.8 Å². The standard InChI is InChI=1S/C19H23N5O2/c1-23-12-14(10-21-23)9-20-11-16-13-24(2)22-19(16)15-4-5-17-18(8-15)26-7-3-6-25-17/h4-5,8,10,12-13,20H,3,6-7,9,11H2,1-2H3. The Kier molecular flexibility index (Phi) is 4.62. The Balaban J connectivity index is 1.52. The monoisotopic (exact) mass is 353 g/mol. The van der Waals surface area contributed by atoms with Crippen molar-refractivity contribution in [3.05, 3.63) is 47.9 Å². The molecule has 1 aliphatic rings.